The quantitative estimate of drug-likeness (QED) is 0.305. The molecular formula is C26H26N4O5. The lowest BCUT2D eigenvalue weighted by atomic mass is 10.1. The van der Waals surface area contributed by atoms with E-state index in [1.54, 1.807) is 38.6 Å². The molecule has 35 heavy (non-hydrogen) atoms. The number of nitrogens with zero attached hydrogens (tertiary/aromatic N) is 3. The van der Waals surface area contributed by atoms with Crippen LogP contribution in [-0.4, -0.2) is 47.6 Å². The van der Waals surface area contributed by atoms with Gasteiger partial charge < -0.3 is 24.1 Å². The van der Waals surface area contributed by atoms with Gasteiger partial charge in [0.2, 0.25) is 5.88 Å². The Morgan fingerprint density at radius 3 is 2.49 bits per heavy atom. The fourth-order valence-electron chi connectivity index (χ4n) is 3.99. The summed E-state index contributed by atoms with van der Waals surface area (Å²) in [4.78, 5) is 34.9. The highest BCUT2D eigenvalue weighted by atomic mass is 16.5. The Morgan fingerprint density at radius 1 is 0.971 bits per heavy atom. The van der Waals surface area contributed by atoms with Crippen LogP contribution in [0.5, 0.6) is 17.4 Å². The molecule has 180 valence electrons. The third-order valence-electron chi connectivity index (χ3n) is 5.76. The molecule has 0 unspecified atom stereocenters. The van der Waals surface area contributed by atoms with Crippen molar-refractivity contribution in [2.75, 3.05) is 26.6 Å². The van der Waals surface area contributed by atoms with Gasteiger partial charge >= 0.3 is 0 Å². The number of hydrogen-bond donors (Lipinski definition) is 1. The van der Waals surface area contributed by atoms with Crippen molar-refractivity contribution < 1.29 is 23.8 Å². The fourth-order valence-corrected chi connectivity index (χ4v) is 3.99. The van der Waals surface area contributed by atoms with Crippen molar-refractivity contribution in [3.05, 3.63) is 71.3 Å². The minimum atomic E-state index is -0.769. The van der Waals surface area contributed by atoms with Gasteiger partial charge in [0.1, 0.15) is 17.2 Å². The van der Waals surface area contributed by atoms with Gasteiger partial charge in [-0.25, -0.2) is 4.98 Å². The van der Waals surface area contributed by atoms with Gasteiger partial charge in [-0.05, 0) is 49.7 Å². The summed E-state index contributed by atoms with van der Waals surface area (Å²) in [6.07, 6.45) is 3.26. The number of hydrogen-bond acceptors (Lipinski definition) is 7. The molecule has 0 saturated heterocycles. The van der Waals surface area contributed by atoms with Crippen LogP contribution in [0.1, 0.15) is 27.3 Å². The summed E-state index contributed by atoms with van der Waals surface area (Å²) in [6, 6.07) is 10.5. The number of aryl methyl sites for hydroxylation is 1. The maximum Gasteiger partial charge on any atom is 0.296 e. The molecule has 1 aromatic carbocycles. The molecular weight excluding hydrogens is 448 g/mol. The zero-order valence-corrected chi connectivity index (χ0v) is 20.2. The predicted molar refractivity (Wildman–Crippen MR) is 132 cm³/mol. The number of aromatic nitrogens is 3. The first-order valence-corrected chi connectivity index (χ1v) is 10.9. The molecule has 0 aliphatic carbocycles. The molecule has 0 bridgehead atoms. The van der Waals surface area contributed by atoms with E-state index in [2.05, 4.69) is 15.3 Å². The molecule has 0 aliphatic heterocycles. The van der Waals surface area contributed by atoms with Gasteiger partial charge in [-0.3, -0.25) is 14.6 Å². The number of amides is 1. The van der Waals surface area contributed by atoms with Crippen molar-refractivity contribution in [3.8, 4) is 17.4 Å². The number of carbonyl (C=O) groups excluding carboxylic acids is 2. The maximum absolute atomic E-state index is 13.4. The van der Waals surface area contributed by atoms with Crippen molar-refractivity contribution in [1.82, 2.24) is 14.5 Å². The molecule has 0 spiro atoms. The summed E-state index contributed by atoms with van der Waals surface area (Å²) in [5.74, 6) is 0.117. The average Bonchev–Trinajstić information content (AvgIpc) is 3.14. The van der Waals surface area contributed by atoms with E-state index >= 15 is 0 Å². The SMILES string of the molecule is COc1ccc2c(c1)c(C(=O)C(=O)Nc1ccnc(OC)c1)c(C)n2Cc1ncc(C)cc1OC. The highest BCUT2D eigenvalue weighted by Crippen LogP contribution is 2.32. The van der Waals surface area contributed by atoms with E-state index < -0.39 is 11.7 Å². The number of rotatable bonds is 8. The molecule has 0 saturated carbocycles. The number of Topliss-reactive ketones (excluding diaryl/α,β-unsaturated/α-hetero) is 1. The second-order valence-corrected chi connectivity index (χ2v) is 7.96. The number of ketones is 1. The van der Waals surface area contributed by atoms with Crippen LogP contribution in [0, 0.1) is 13.8 Å². The van der Waals surface area contributed by atoms with E-state index in [1.807, 2.05) is 36.6 Å². The molecule has 9 heteroatoms. The number of ether oxygens (including phenoxy) is 3. The van der Waals surface area contributed by atoms with E-state index in [0.717, 1.165) is 11.1 Å². The minimum Gasteiger partial charge on any atom is -0.497 e. The smallest absolute Gasteiger partial charge is 0.296 e. The topological polar surface area (TPSA) is 105 Å². The first-order valence-electron chi connectivity index (χ1n) is 10.9. The molecule has 4 rings (SSSR count). The Morgan fingerprint density at radius 2 is 1.77 bits per heavy atom. The number of pyridine rings is 2. The molecule has 0 atom stereocenters. The number of nitrogens with one attached hydrogen (secondary N) is 1. The number of anilines is 1. The molecule has 4 aromatic rings. The van der Waals surface area contributed by atoms with E-state index in [1.165, 1.54) is 13.3 Å². The lowest BCUT2D eigenvalue weighted by Crippen LogP contribution is -2.23. The van der Waals surface area contributed by atoms with E-state index in [0.29, 0.717) is 51.9 Å². The van der Waals surface area contributed by atoms with E-state index in [4.69, 9.17) is 14.2 Å². The summed E-state index contributed by atoms with van der Waals surface area (Å²) in [5.41, 5.74) is 3.79. The zero-order valence-electron chi connectivity index (χ0n) is 20.2. The van der Waals surface area contributed by atoms with Gasteiger partial charge in [0.15, 0.2) is 0 Å². The van der Waals surface area contributed by atoms with Gasteiger partial charge in [0.25, 0.3) is 11.7 Å². The van der Waals surface area contributed by atoms with Crippen molar-refractivity contribution in [3.63, 3.8) is 0 Å². The minimum absolute atomic E-state index is 0.295. The second kappa shape index (κ2) is 9.84. The highest BCUT2D eigenvalue weighted by molar-refractivity contribution is 6.48. The summed E-state index contributed by atoms with van der Waals surface area (Å²) < 4.78 is 17.9. The average molecular weight is 475 g/mol. The Bertz CT molecular complexity index is 1430. The van der Waals surface area contributed by atoms with Gasteiger partial charge in [0.05, 0.1) is 33.4 Å². The van der Waals surface area contributed by atoms with Crippen LogP contribution < -0.4 is 19.5 Å². The number of methoxy groups -OCH3 is 3. The van der Waals surface area contributed by atoms with Gasteiger partial charge in [-0.2, -0.15) is 0 Å². The molecule has 3 aromatic heterocycles. The van der Waals surface area contributed by atoms with Crippen LogP contribution in [0.2, 0.25) is 0 Å². The molecule has 0 aliphatic rings. The predicted octanol–water partition coefficient (Wildman–Crippen LogP) is 3.94. The molecule has 1 N–H and O–H groups in total. The summed E-state index contributed by atoms with van der Waals surface area (Å²) in [7, 11) is 4.62. The zero-order chi connectivity index (χ0) is 25.1. The fraction of sp³-hybridized carbons (Fsp3) is 0.231. The van der Waals surface area contributed by atoms with Gasteiger partial charge in [-0.15, -0.1) is 0 Å². The Kier molecular flexibility index (Phi) is 6.68. The van der Waals surface area contributed by atoms with Gasteiger partial charge in [-0.1, -0.05) is 0 Å². The largest absolute Gasteiger partial charge is 0.497 e. The molecule has 3 heterocycles. The lowest BCUT2D eigenvalue weighted by molar-refractivity contribution is -0.112. The summed E-state index contributed by atoms with van der Waals surface area (Å²) in [6.45, 7) is 4.10. The van der Waals surface area contributed by atoms with E-state index in [9.17, 15) is 9.59 Å². The Balaban J connectivity index is 1.78. The van der Waals surface area contributed by atoms with Crippen molar-refractivity contribution in [2.45, 2.75) is 20.4 Å². The van der Waals surface area contributed by atoms with Crippen LogP contribution >= 0.6 is 0 Å². The van der Waals surface area contributed by atoms with Crippen LogP contribution in [0.3, 0.4) is 0 Å². The molecule has 9 nitrogen and oxygen atoms in total. The molecule has 0 radical (unpaired) electrons. The van der Waals surface area contributed by atoms with Crippen molar-refractivity contribution >= 4 is 28.3 Å². The number of carbonyl (C=O) groups is 2. The van der Waals surface area contributed by atoms with Crippen LogP contribution in [-0.2, 0) is 11.3 Å². The van der Waals surface area contributed by atoms with Crippen LogP contribution in [0.4, 0.5) is 5.69 Å². The van der Waals surface area contributed by atoms with Crippen LogP contribution in [0.15, 0.2) is 48.8 Å². The number of fused-ring (bicyclic) bond motifs is 1. The first-order chi connectivity index (χ1) is 16.9. The van der Waals surface area contributed by atoms with Gasteiger partial charge in [0, 0.05) is 40.7 Å². The standard InChI is InChI=1S/C26H26N4O5/c1-15-10-22(34-4)20(28-13-15)14-30-16(2)24(19-12-18(33-3)6-7-21(19)30)25(31)26(32)29-17-8-9-27-23(11-17)35-5/h6-13H,14H2,1-5H3,(H,27,29,32). The molecule has 0 fully saturated rings. The molecule has 1 amide bonds. The second-order valence-electron chi connectivity index (χ2n) is 7.96. The Labute approximate surface area is 202 Å². The lowest BCUT2D eigenvalue weighted by Gasteiger charge is -2.12. The number of benzene rings is 1. The Hall–Kier alpha value is -4.40. The summed E-state index contributed by atoms with van der Waals surface area (Å²) >= 11 is 0. The third-order valence-corrected chi connectivity index (χ3v) is 5.76. The van der Waals surface area contributed by atoms with Crippen molar-refractivity contribution in [1.29, 1.82) is 0 Å². The van der Waals surface area contributed by atoms with Crippen LogP contribution in [0.25, 0.3) is 10.9 Å². The first kappa shape index (κ1) is 23.7. The third kappa shape index (κ3) is 4.65. The highest BCUT2D eigenvalue weighted by Gasteiger charge is 2.26. The van der Waals surface area contributed by atoms with Crippen molar-refractivity contribution in [2.24, 2.45) is 0 Å². The maximum atomic E-state index is 13.4. The monoisotopic (exact) mass is 474 g/mol. The van der Waals surface area contributed by atoms with E-state index in [-0.39, 0.29) is 0 Å². The normalized spacial score (nSPS) is 10.8. The summed E-state index contributed by atoms with van der Waals surface area (Å²) in [5, 5.41) is 3.25.